The highest BCUT2D eigenvalue weighted by Crippen LogP contribution is 2.35. The first-order valence-electron chi connectivity index (χ1n) is 7.08. The Kier molecular flexibility index (Phi) is 4.48. The van der Waals surface area contributed by atoms with E-state index in [0.717, 1.165) is 0 Å². The van der Waals surface area contributed by atoms with Crippen LogP contribution in [0.4, 0.5) is 0 Å². The molecular formula is C14H18BrNO5S. The number of nitrogens with zero attached hydrogens (tertiary/aromatic N) is 1. The summed E-state index contributed by atoms with van der Waals surface area (Å²) in [4.78, 5) is 0.175. The number of rotatable bonds is 3. The molecular weight excluding hydrogens is 374 g/mol. The van der Waals surface area contributed by atoms with Gasteiger partial charge >= 0.3 is 0 Å². The predicted molar refractivity (Wildman–Crippen MR) is 83.3 cm³/mol. The molecule has 122 valence electrons. The number of ether oxygens (including phenoxy) is 3. The Morgan fingerprint density at radius 2 is 1.86 bits per heavy atom. The first-order chi connectivity index (χ1) is 10.5. The van der Waals surface area contributed by atoms with Crippen molar-refractivity contribution < 1.29 is 22.6 Å². The van der Waals surface area contributed by atoms with Crippen LogP contribution in [0.3, 0.4) is 0 Å². The Hall–Kier alpha value is -0.670. The maximum absolute atomic E-state index is 12.9. The zero-order valence-corrected chi connectivity index (χ0v) is 14.7. The molecule has 0 amide bonds. The highest BCUT2D eigenvalue weighted by molar-refractivity contribution is 9.10. The fraction of sp³-hybridized carbons (Fsp3) is 0.571. The van der Waals surface area contributed by atoms with Gasteiger partial charge in [0, 0.05) is 30.4 Å². The Balaban J connectivity index is 1.84. The van der Waals surface area contributed by atoms with Gasteiger partial charge in [-0.1, -0.05) is 15.9 Å². The summed E-state index contributed by atoms with van der Waals surface area (Å²) in [6.45, 7) is 1.90. The minimum absolute atomic E-state index is 0.175. The normalized spacial score (nSPS) is 22.1. The van der Waals surface area contributed by atoms with E-state index in [1.165, 1.54) is 11.4 Å². The van der Waals surface area contributed by atoms with E-state index < -0.39 is 15.8 Å². The quantitative estimate of drug-likeness (QED) is 0.787. The van der Waals surface area contributed by atoms with E-state index in [0.29, 0.717) is 49.4 Å². The number of sulfonamides is 1. The summed E-state index contributed by atoms with van der Waals surface area (Å²) in [5.41, 5.74) is 0. The van der Waals surface area contributed by atoms with Crippen molar-refractivity contribution in [3.8, 4) is 5.75 Å². The van der Waals surface area contributed by atoms with Crippen molar-refractivity contribution in [3.05, 3.63) is 22.7 Å². The van der Waals surface area contributed by atoms with Gasteiger partial charge in [0.1, 0.15) is 10.6 Å². The maximum atomic E-state index is 12.9. The highest BCUT2D eigenvalue weighted by atomic mass is 79.9. The van der Waals surface area contributed by atoms with E-state index in [1.54, 1.807) is 18.2 Å². The zero-order chi connectivity index (χ0) is 15.8. The number of halogens is 1. The molecule has 2 saturated heterocycles. The van der Waals surface area contributed by atoms with Crippen LogP contribution in [0.5, 0.6) is 5.75 Å². The third-order valence-corrected chi connectivity index (χ3v) is 6.45. The summed E-state index contributed by atoms with van der Waals surface area (Å²) < 4.78 is 44.4. The summed E-state index contributed by atoms with van der Waals surface area (Å²) in [7, 11) is -2.14. The van der Waals surface area contributed by atoms with Gasteiger partial charge in [-0.3, -0.25) is 0 Å². The van der Waals surface area contributed by atoms with Crippen LogP contribution in [0, 0.1) is 0 Å². The van der Waals surface area contributed by atoms with Gasteiger partial charge in [0.2, 0.25) is 10.0 Å². The van der Waals surface area contributed by atoms with E-state index >= 15 is 0 Å². The molecule has 2 heterocycles. The summed E-state index contributed by atoms with van der Waals surface area (Å²) in [6, 6.07) is 4.97. The van der Waals surface area contributed by atoms with Gasteiger partial charge < -0.3 is 14.2 Å². The zero-order valence-electron chi connectivity index (χ0n) is 12.2. The molecule has 2 aliphatic rings. The molecule has 0 aliphatic carbocycles. The molecule has 0 bridgehead atoms. The van der Waals surface area contributed by atoms with Crippen molar-refractivity contribution >= 4 is 26.0 Å². The van der Waals surface area contributed by atoms with Gasteiger partial charge in [0.15, 0.2) is 5.79 Å². The number of methoxy groups -OCH3 is 1. The second kappa shape index (κ2) is 6.09. The van der Waals surface area contributed by atoms with Crippen molar-refractivity contribution in [2.24, 2.45) is 0 Å². The first kappa shape index (κ1) is 16.2. The Labute approximate surface area is 138 Å². The van der Waals surface area contributed by atoms with Gasteiger partial charge in [0.05, 0.1) is 20.3 Å². The SMILES string of the molecule is COc1ccc(Br)cc1S(=O)(=O)N1CCC2(CC1)OCCO2. The average molecular weight is 392 g/mol. The van der Waals surface area contributed by atoms with Gasteiger partial charge in [0.25, 0.3) is 0 Å². The number of hydrogen-bond donors (Lipinski definition) is 0. The van der Waals surface area contributed by atoms with Crippen LogP contribution in [0.15, 0.2) is 27.6 Å². The molecule has 2 fully saturated rings. The van der Waals surface area contributed by atoms with E-state index in [4.69, 9.17) is 14.2 Å². The topological polar surface area (TPSA) is 65.1 Å². The molecule has 0 unspecified atom stereocenters. The Morgan fingerprint density at radius 1 is 1.23 bits per heavy atom. The van der Waals surface area contributed by atoms with E-state index in [1.807, 2.05) is 0 Å². The lowest BCUT2D eigenvalue weighted by atomic mass is 10.1. The van der Waals surface area contributed by atoms with Crippen LogP contribution in [0.2, 0.25) is 0 Å². The third kappa shape index (κ3) is 2.90. The van der Waals surface area contributed by atoms with Crippen LogP contribution in [0.25, 0.3) is 0 Å². The monoisotopic (exact) mass is 391 g/mol. The largest absolute Gasteiger partial charge is 0.495 e. The lowest BCUT2D eigenvalue weighted by molar-refractivity contribution is -0.179. The highest BCUT2D eigenvalue weighted by Gasteiger charge is 2.43. The lowest BCUT2D eigenvalue weighted by Gasteiger charge is -2.36. The number of piperidine rings is 1. The minimum atomic E-state index is -3.61. The van der Waals surface area contributed by atoms with Gasteiger partial charge in [-0.15, -0.1) is 0 Å². The van der Waals surface area contributed by atoms with Gasteiger partial charge in [-0.2, -0.15) is 4.31 Å². The standard InChI is InChI=1S/C14H18BrNO5S/c1-19-12-3-2-11(15)10-13(12)22(17,18)16-6-4-14(5-7-16)20-8-9-21-14/h2-3,10H,4-9H2,1H3. The lowest BCUT2D eigenvalue weighted by Crippen LogP contribution is -2.47. The van der Waals surface area contributed by atoms with Gasteiger partial charge in [-0.25, -0.2) is 8.42 Å². The fourth-order valence-corrected chi connectivity index (χ4v) is 4.98. The van der Waals surface area contributed by atoms with E-state index in [-0.39, 0.29) is 4.90 Å². The van der Waals surface area contributed by atoms with Crippen LogP contribution in [-0.2, 0) is 19.5 Å². The van der Waals surface area contributed by atoms with Crippen molar-refractivity contribution in [1.29, 1.82) is 0 Å². The molecule has 0 N–H and O–H groups in total. The first-order valence-corrected chi connectivity index (χ1v) is 9.32. The van der Waals surface area contributed by atoms with E-state index in [9.17, 15) is 8.42 Å². The summed E-state index contributed by atoms with van der Waals surface area (Å²) >= 11 is 3.31. The van der Waals surface area contributed by atoms with Crippen LogP contribution >= 0.6 is 15.9 Å². The van der Waals surface area contributed by atoms with E-state index in [2.05, 4.69) is 15.9 Å². The van der Waals surface area contributed by atoms with Crippen LogP contribution < -0.4 is 4.74 Å². The number of hydrogen-bond acceptors (Lipinski definition) is 5. The molecule has 3 rings (SSSR count). The predicted octanol–water partition coefficient (Wildman–Crippen LogP) is 1.99. The number of benzene rings is 1. The van der Waals surface area contributed by atoms with Crippen molar-refractivity contribution in [1.82, 2.24) is 4.31 Å². The Morgan fingerprint density at radius 3 is 2.45 bits per heavy atom. The molecule has 0 radical (unpaired) electrons. The minimum Gasteiger partial charge on any atom is -0.495 e. The molecule has 0 saturated carbocycles. The second-order valence-electron chi connectivity index (χ2n) is 5.31. The summed E-state index contributed by atoms with van der Waals surface area (Å²) in [5.74, 6) is -0.246. The van der Waals surface area contributed by atoms with Crippen LogP contribution in [-0.4, -0.2) is 51.9 Å². The molecule has 0 atom stereocenters. The fourth-order valence-electron chi connectivity index (χ4n) is 2.84. The smallest absolute Gasteiger partial charge is 0.246 e. The van der Waals surface area contributed by atoms with Crippen molar-refractivity contribution in [2.45, 2.75) is 23.5 Å². The molecule has 1 aromatic rings. The maximum Gasteiger partial charge on any atom is 0.246 e. The average Bonchev–Trinajstić information content (AvgIpc) is 2.96. The summed E-state index contributed by atoms with van der Waals surface area (Å²) in [5, 5.41) is 0. The molecule has 8 heteroatoms. The van der Waals surface area contributed by atoms with Gasteiger partial charge in [-0.05, 0) is 18.2 Å². The molecule has 2 aliphatic heterocycles. The molecule has 22 heavy (non-hydrogen) atoms. The summed E-state index contributed by atoms with van der Waals surface area (Å²) in [6.07, 6.45) is 1.09. The third-order valence-electron chi connectivity index (χ3n) is 4.04. The molecule has 1 spiro atoms. The molecule has 0 aromatic heterocycles. The second-order valence-corrected chi connectivity index (χ2v) is 8.13. The van der Waals surface area contributed by atoms with Crippen molar-refractivity contribution in [2.75, 3.05) is 33.4 Å². The molecule has 6 nitrogen and oxygen atoms in total. The Bertz CT molecular complexity index is 647. The molecule has 1 aromatic carbocycles. The van der Waals surface area contributed by atoms with Crippen molar-refractivity contribution in [3.63, 3.8) is 0 Å². The van der Waals surface area contributed by atoms with Crippen LogP contribution in [0.1, 0.15) is 12.8 Å².